The predicted molar refractivity (Wildman–Crippen MR) is 68.9 cm³/mol. The summed E-state index contributed by atoms with van der Waals surface area (Å²) in [7, 11) is 1.85. The summed E-state index contributed by atoms with van der Waals surface area (Å²) in [6.45, 7) is 6.19. The maximum absolute atomic E-state index is 5.33. The van der Waals surface area contributed by atoms with Crippen LogP contribution in [-0.4, -0.2) is 25.6 Å². The summed E-state index contributed by atoms with van der Waals surface area (Å²) in [4.78, 5) is 6.96. The number of oxime groups is 1. The van der Waals surface area contributed by atoms with Crippen LogP contribution in [0.25, 0.3) is 0 Å². The molecule has 0 spiro atoms. The van der Waals surface area contributed by atoms with E-state index in [1.54, 1.807) is 16.6 Å². The minimum Gasteiger partial charge on any atom is -0.389 e. The molecule has 0 N–H and O–H groups in total. The van der Waals surface area contributed by atoms with Gasteiger partial charge in [-0.3, -0.25) is 0 Å². The molecule has 2 rings (SSSR count). The van der Waals surface area contributed by atoms with Crippen molar-refractivity contribution in [2.75, 3.05) is 0 Å². The topological polar surface area (TPSA) is 52.3 Å². The average molecular weight is 254 g/mol. The standard InChI is InChI=1S/C11H18N4OS/c1-5-8-9(13-15(4)12-8)7-17-10-6-11(2,3)16-14-10/h5-7H2,1-4H3. The Hall–Kier alpha value is -1.04. The van der Waals surface area contributed by atoms with Crippen molar-refractivity contribution in [3.8, 4) is 0 Å². The van der Waals surface area contributed by atoms with Crippen molar-refractivity contribution in [1.82, 2.24) is 15.0 Å². The molecule has 1 aromatic rings. The van der Waals surface area contributed by atoms with Gasteiger partial charge in [0.2, 0.25) is 0 Å². The van der Waals surface area contributed by atoms with E-state index < -0.39 is 0 Å². The normalized spacial score (nSPS) is 18.0. The first-order chi connectivity index (χ1) is 8.00. The smallest absolute Gasteiger partial charge is 0.138 e. The van der Waals surface area contributed by atoms with Crippen molar-refractivity contribution < 1.29 is 4.84 Å². The van der Waals surface area contributed by atoms with Gasteiger partial charge in [0.15, 0.2) is 0 Å². The molecule has 1 aliphatic rings. The van der Waals surface area contributed by atoms with E-state index in [0.29, 0.717) is 0 Å². The first kappa shape index (κ1) is 12.4. The van der Waals surface area contributed by atoms with Gasteiger partial charge in [0.05, 0.1) is 11.4 Å². The highest BCUT2D eigenvalue weighted by Crippen LogP contribution is 2.29. The Kier molecular flexibility index (Phi) is 3.42. The molecule has 0 aliphatic carbocycles. The van der Waals surface area contributed by atoms with Crippen molar-refractivity contribution in [3.05, 3.63) is 11.4 Å². The first-order valence-corrected chi connectivity index (χ1v) is 6.75. The molecule has 0 atom stereocenters. The van der Waals surface area contributed by atoms with Crippen molar-refractivity contribution >= 4 is 16.8 Å². The highest BCUT2D eigenvalue weighted by molar-refractivity contribution is 8.13. The quantitative estimate of drug-likeness (QED) is 0.829. The molecule has 1 aromatic heterocycles. The van der Waals surface area contributed by atoms with Crippen LogP contribution in [0.5, 0.6) is 0 Å². The monoisotopic (exact) mass is 254 g/mol. The molecule has 0 saturated carbocycles. The second-order valence-electron chi connectivity index (χ2n) is 4.74. The van der Waals surface area contributed by atoms with E-state index in [4.69, 9.17) is 4.84 Å². The fourth-order valence-electron chi connectivity index (χ4n) is 1.71. The maximum atomic E-state index is 5.33. The zero-order chi connectivity index (χ0) is 12.5. The van der Waals surface area contributed by atoms with Crippen molar-refractivity contribution in [2.24, 2.45) is 12.2 Å². The highest BCUT2D eigenvalue weighted by atomic mass is 32.2. The van der Waals surface area contributed by atoms with Crippen LogP contribution in [-0.2, 0) is 24.1 Å². The summed E-state index contributed by atoms with van der Waals surface area (Å²) in [5.41, 5.74) is 1.96. The lowest BCUT2D eigenvalue weighted by atomic mass is 10.1. The summed E-state index contributed by atoms with van der Waals surface area (Å²) in [6, 6.07) is 0. The third kappa shape index (κ3) is 3.00. The number of rotatable bonds is 3. The Balaban J connectivity index is 1.94. The van der Waals surface area contributed by atoms with E-state index in [9.17, 15) is 0 Å². The first-order valence-electron chi connectivity index (χ1n) is 5.77. The molecular formula is C11H18N4OS. The van der Waals surface area contributed by atoms with Gasteiger partial charge < -0.3 is 4.84 Å². The van der Waals surface area contributed by atoms with Gasteiger partial charge in [0, 0.05) is 19.2 Å². The summed E-state index contributed by atoms with van der Waals surface area (Å²) in [5, 5.41) is 13.8. The lowest BCUT2D eigenvalue weighted by molar-refractivity contribution is 0.0123. The summed E-state index contributed by atoms with van der Waals surface area (Å²) < 4.78 is 0. The lowest BCUT2D eigenvalue weighted by Gasteiger charge is -2.12. The molecule has 94 valence electrons. The largest absolute Gasteiger partial charge is 0.389 e. The Morgan fingerprint density at radius 1 is 1.35 bits per heavy atom. The summed E-state index contributed by atoms with van der Waals surface area (Å²) >= 11 is 1.69. The van der Waals surface area contributed by atoms with Crippen LogP contribution in [0.2, 0.25) is 0 Å². The van der Waals surface area contributed by atoms with Gasteiger partial charge in [-0.25, -0.2) is 0 Å². The highest BCUT2D eigenvalue weighted by Gasteiger charge is 2.29. The molecular weight excluding hydrogens is 236 g/mol. The minimum atomic E-state index is -0.154. The van der Waals surface area contributed by atoms with Crippen LogP contribution in [0.3, 0.4) is 0 Å². The number of aryl methyl sites for hydroxylation is 2. The molecule has 0 saturated heterocycles. The molecule has 17 heavy (non-hydrogen) atoms. The zero-order valence-electron chi connectivity index (χ0n) is 10.7. The molecule has 2 heterocycles. The van der Waals surface area contributed by atoms with Crippen LogP contribution in [0.15, 0.2) is 5.16 Å². The second-order valence-corrected chi connectivity index (χ2v) is 5.79. The molecule has 0 bridgehead atoms. The van der Waals surface area contributed by atoms with E-state index >= 15 is 0 Å². The Morgan fingerprint density at radius 2 is 2.06 bits per heavy atom. The van der Waals surface area contributed by atoms with Gasteiger partial charge in [-0.15, -0.1) is 11.8 Å². The number of hydrogen-bond donors (Lipinski definition) is 0. The van der Waals surface area contributed by atoms with E-state index in [-0.39, 0.29) is 5.60 Å². The van der Waals surface area contributed by atoms with E-state index in [1.807, 2.05) is 20.9 Å². The van der Waals surface area contributed by atoms with Crippen LogP contribution in [0.1, 0.15) is 38.6 Å². The Bertz CT molecular complexity index is 439. The number of hydrogen-bond acceptors (Lipinski definition) is 5. The molecule has 0 unspecified atom stereocenters. The van der Waals surface area contributed by atoms with Crippen LogP contribution in [0.4, 0.5) is 0 Å². The fourth-order valence-corrected chi connectivity index (χ4v) is 2.77. The van der Waals surface area contributed by atoms with Gasteiger partial charge in [0.25, 0.3) is 0 Å². The third-order valence-corrected chi connectivity index (χ3v) is 3.52. The number of aromatic nitrogens is 3. The van der Waals surface area contributed by atoms with Gasteiger partial charge in [0.1, 0.15) is 10.6 Å². The Morgan fingerprint density at radius 3 is 2.65 bits per heavy atom. The van der Waals surface area contributed by atoms with E-state index in [0.717, 1.165) is 35.0 Å². The molecule has 6 heteroatoms. The predicted octanol–water partition coefficient (Wildman–Crippen LogP) is 2.12. The lowest BCUT2D eigenvalue weighted by Crippen LogP contribution is -2.18. The molecule has 0 aromatic carbocycles. The van der Waals surface area contributed by atoms with Crippen molar-refractivity contribution in [1.29, 1.82) is 0 Å². The molecule has 5 nitrogen and oxygen atoms in total. The average Bonchev–Trinajstić information content (AvgIpc) is 2.78. The fraction of sp³-hybridized carbons (Fsp3) is 0.727. The number of thioether (sulfide) groups is 1. The molecule has 0 fully saturated rings. The second kappa shape index (κ2) is 4.68. The van der Waals surface area contributed by atoms with Gasteiger partial charge in [-0.05, 0) is 20.3 Å². The van der Waals surface area contributed by atoms with Crippen LogP contribution in [0, 0.1) is 0 Å². The van der Waals surface area contributed by atoms with Crippen LogP contribution < -0.4 is 0 Å². The summed E-state index contributed by atoms with van der Waals surface area (Å²) in [5.74, 6) is 0.815. The zero-order valence-corrected chi connectivity index (χ0v) is 11.5. The third-order valence-electron chi connectivity index (χ3n) is 2.55. The van der Waals surface area contributed by atoms with E-state index in [1.165, 1.54) is 0 Å². The SMILES string of the molecule is CCc1nn(C)nc1CSC1=NOC(C)(C)C1. The van der Waals surface area contributed by atoms with Crippen molar-refractivity contribution in [2.45, 2.75) is 45.0 Å². The van der Waals surface area contributed by atoms with Gasteiger partial charge >= 0.3 is 0 Å². The minimum absolute atomic E-state index is 0.154. The maximum Gasteiger partial charge on any atom is 0.138 e. The Labute approximate surface area is 106 Å². The molecule has 1 aliphatic heterocycles. The van der Waals surface area contributed by atoms with Crippen LogP contribution >= 0.6 is 11.8 Å². The summed E-state index contributed by atoms with van der Waals surface area (Å²) in [6.07, 6.45) is 1.79. The molecule has 0 amide bonds. The number of nitrogens with zero attached hydrogens (tertiary/aromatic N) is 4. The van der Waals surface area contributed by atoms with Crippen molar-refractivity contribution in [3.63, 3.8) is 0 Å². The van der Waals surface area contributed by atoms with Gasteiger partial charge in [-0.1, -0.05) is 12.1 Å². The molecule has 0 radical (unpaired) electrons. The van der Waals surface area contributed by atoms with Gasteiger partial charge in [-0.2, -0.15) is 15.0 Å². The van der Waals surface area contributed by atoms with E-state index in [2.05, 4.69) is 22.3 Å².